The molecule has 5 rings (SSSR count). The van der Waals surface area contributed by atoms with E-state index in [0.29, 0.717) is 34.5 Å². The van der Waals surface area contributed by atoms with E-state index in [-0.39, 0.29) is 22.9 Å². The summed E-state index contributed by atoms with van der Waals surface area (Å²) in [5.74, 6) is 1.11. The molecule has 1 saturated heterocycles. The molecular formula is C36H49N7O4S. The molecule has 12 heteroatoms. The van der Waals surface area contributed by atoms with E-state index in [0.717, 1.165) is 62.1 Å². The van der Waals surface area contributed by atoms with Crippen LogP contribution < -0.4 is 20.7 Å². The van der Waals surface area contributed by atoms with Crippen molar-refractivity contribution in [1.29, 1.82) is 0 Å². The summed E-state index contributed by atoms with van der Waals surface area (Å²) >= 11 is 0. The summed E-state index contributed by atoms with van der Waals surface area (Å²) < 4.78 is 32.4. The largest absolute Gasteiger partial charge is 0.489 e. The summed E-state index contributed by atoms with van der Waals surface area (Å²) in [6.45, 7) is 13.5. The average Bonchev–Trinajstić information content (AvgIpc) is 3.06. The molecule has 48 heavy (non-hydrogen) atoms. The molecule has 1 aromatic heterocycles. The van der Waals surface area contributed by atoms with E-state index in [1.54, 1.807) is 57.4 Å². The quantitative estimate of drug-likeness (QED) is 0.230. The number of rotatable bonds is 11. The average molecular weight is 676 g/mol. The Morgan fingerprint density at radius 1 is 1.02 bits per heavy atom. The van der Waals surface area contributed by atoms with Gasteiger partial charge in [0.15, 0.2) is 9.84 Å². The number of nitrogens with zero attached hydrogens (tertiary/aromatic N) is 4. The second-order valence-corrected chi connectivity index (χ2v) is 15.7. The molecule has 0 radical (unpaired) electrons. The molecule has 3 N–H and O–H groups in total. The highest BCUT2D eigenvalue weighted by molar-refractivity contribution is 7.92. The van der Waals surface area contributed by atoms with Gasteiger partial charge in [0, 0.05) is 56.6 Å². The van der Waals surface area contributed by atoms with Crippen LogP contribution in [0.2, 0.25) is 0 Å². The number of sulfone groups is 1. The molecule has 1 aliphatic carbocycles. The van der Waals surface area contributed by atoms with Crippen LogP contribution in [0.25, 0.3) is 5.57 Å². The Bertz CT molecular complexity index is 1770. The minimum atomic E-state index is -3.54. The number of nitrogens with one attached hydrogen (secondary N) is 3. The van der Waals surface area contributed by atoms with Gasteiger partial charge in [-0.05, 0) is 96.3 Å². The maximum Gasteiger partial charge on any atom is 0.251 e. The van der Waals surface area contributed by atoms with Crippen molar-refractivity contribution in [3.8, 4) is 5.75 Å². The number of benzene rings is 2. The molecule has 1 unspecified atom stereocenters. The Kier molecular flexibility index (Phi) is 11.1. The molecule has 11 nitrogen and oxygen atoms in total. The van der Waals surface area contributed by atoms with Gasteiger partial charge in [-0.15, -0.1) is 0 Å². The zero-order valence-corrected chi connectivity index (χ0v) is 29.9. The van der Waals surface area contributed by atoms with Crippen LogP contribution in [0.3, 0.4) is 0 Å². The number of aromatic nitrogens is 2. The fourth-order valence-corrected chi connectivity index (χ4v) is 7.35. The molecule has 0 bridgehead atoms. The Morgan fingerprint density at radius 2 is 1.75 bits per heavy atom. The Hall–Kier alpha value is -4.00. The first-order valence-electron chi connectivity index (χ1n) is 16.8. The van der Waals surface area contributed by atoms with Crippen LogP contribution in [-0.4, -0.2) is 91.8 Å². The van der Waals surface area contributed by atoms with Crippen LogP contribution >= 0.6 is 0 Å². The standard InChI is InChI=1S/C36H49N7O4S/c1-23(2)47-32-21-28(26-12-14-27(15-13-26)43-18-16-42(7)17-19-43)29(35(44)37-6)20-31(32)40-36-38-22-25(5)34(41-36)39-30-10-8-9-11-33(30)48(45,46)24(3)4/h8-12,20-24,27H,13-19H2,1-7H3,(H,37,44)(H2,38,39,40,41). The van der Waals surface area contributed by atoms with Gasteiger partial charge in [-0.3, -0.25) is 9.69 Å². The molecule has 1 amide bonds. The van der Waals surface area contributed by atoms with E-state index in [2.05, 4.69) is 43.9 Å². The minimum Gasteiger partial charge on any atom is -0.489 e. The maximum atomic E-state index is 13.3. The molecule has 2 heterocycles. The van der Waals surface area contributed by atoms with E-state index in [1.165, 1.54) is 0 Å². The number of carbonyl (C=O) groups is 1. The second kappa shape index (κ2) is 15.0. The SMILES string of the molecule is CNC(=O)c1cc(Nc2ncc(C)c(Nc3ccccc3S(=O)(=O)C(C)C)n2)c(OC(C)C)cc1C1=CCC(N2CCN(C)CC2)CC1. The predicted octanol–water partition coefficient (Wildman–Crippen LogP) is 5.78. The number of anilines is 4. The van der Waals surface area contributed by atoms with Gasteiger partial charge in [0.2, 0.25) is 5.95 Å². The van der Waals surface area contributed by atoms with Crippen LogP contribution in [0.15, 0.2) is 53.6 Å². The number of hydrogen-bond donors (Lipinski definition) is 3. The van der Waals surface area contributed by atoms with Crippen LogP contribution in [0, 0.1) is 6.92 Å². The van der Waals surface area contributed by atoms with Crippen molar-refractivity contribution in [2.24, 2.45) is 0 Å². The number of likely N-dealkylation sites (N-methyl/N-ethyl adjacent to an activating group) is 1. The number of allylic oxidation sites excluding steroid dienone is 1. The third-order valence-corrected chi connectivity index (χ3v) is 11.2. The summed E-state index contributed by atoms with van der Waals surface area (Å²) in [5, 5.41) is 8.73. The van der Waals surface area contributed by atoms with Crippen molar-refractivity contribution in [1.82, 2.24) is 25.1 Å². The molecule has 2 aromatic carbocycles. The number of ether oxygens (including phenoxy) is 1. The maximum absolute atomic E-state index is 13.3. The number of para-hydroxylation sites is 1. The lowest BCUT2D eigenvalue weighted by molar-refractivity contribution is 0.0962. The van der Waals surface area contributed by atoms with Gasteiger partial charge in [0.1, 0.15) is 11.6 Å². The Morgan fingerprint density at radius 3 is 2.40 bits per heavy atom. The summed E-state index contributed by atoms with van der Waals surface area (Å²) in [4.78, 5) is 27.7. The molecule has 3 aromatic rings. The van der Waals surface area contributed by atoms with Gasteiger partial charge in [0.05, 0.1) is 27.6 Å². The number of hydrogen-bond acceptors (Lipinski definition) is 10. The number of carbonyl (C=O) groups excluding carboxylic acids is 1. The van der Waals surface area contributed by atoms with Gasteiger partial charge in [-0.2, -0.15) is 4.98 Å². The lowest BCUT2D eigenvalue weighted by Crippen LogP contribution is -2.49. The highest BCUT2D eigenvalue weighted by Gasteiger charge is 2.27. The molecule has 1 aliphatic heterocycles. The lowest BCUT2D eigenvalue weighted by atomic mass is 9.87. The van der Waals surface area contributed by atoms with Gasteiger partial charge in [0.25, 0.3) is 5.91 Å². The van der Waals surface area contributed by atoms with E-state index >= 15 is 0 Å². The Labute approximate surface area is 285 Å². The van der Waals surface area contributed by atoms with Crippen LogP contribution in [0.5, 0.6) is 5.75 Å². The fraction of sp³-hybridized carbons (Fsp3) is 0.472. The lowest BCUT2D eigenvalue weighted by Gasteiger charge is -2.39. The number of piperazine rings is 1. The highest BCUT2D eigenvalue weighted by Crippen LogP contribution is 2.38. The van der Waals surface area contributed by atoms with Gasteiger partial charge < -0.3 is 25.6 Å². The zero-order chi connectivity index (χ0) is 34.6. The molecule has 0 spiro atoms. The van der Waals surface area contributed by atoms with E-state index in [4.69, 9.17) is 9.72 Å². The Balaban J connectivity index is 1.47. The zero-order valence-electron chi connectivity index (χ0n) is 29.1. The molecule has 1 atom stereocenters. The van der Waals surface area contributed by atoms with Crippen molar-refractivity contribution in [2.45, 2.75) is 76.2 Å². The van der Waals surface area contributed by atoms with Crippen molar-refractivity contribution in [3.63, 3.8) is 0 Å². The summed E-state index contributed by atoms with van der Waals surface area (Å²) in [6.07, 6.45) is 6.69. The van der Waals surface area contributed by atoms with Crippen LogP contribution in [-0.2, 0) is 9.84 Å². The first-order chi connectivity index (χ1) is 22.9. The van der Waals surface area contributed by atoms with E-state index in [9.17, 15) is 13.2 Å². The van der Waals surface area contributed by atoms with Crippen LogP contribution in [0.1, 0.15) is 68.4 Å². The van der Waals surface area contributed by atoms with Crippen molar-refractivity contribution in [2.75, 3.05) is 50.9 Å². The third kappa shape index (κ3) is 7.99. The smallest absolute Gasteiger partial charge is 0.251 e. The monoisotopic (exact) mass is 675 g/mol. The summed E-state index contributed by atoms with van der Waals surface area (Å²) in [5.41, 5.74) is 4.27. The third-order valence-electron chi connectivity index (χ3n) is 9.02. The van der Waals surface area contributed by atoms with Crippen molar-refractivity contribution in [3.05, 3.63) is 65.4 Å². The van der Waals surface area contributed by atoms with Crippen molar-refractivity contribution < 1.29 is 17.9 Å². The molecule has 2 aliphatic rings. The molecule has 258 valence electrons. The number of aryl methyl sites for hydroxylation is 1. The molecular weight excluding hydrogens is 627 g/mol. The number of amides is 1. The summed E-state index contributed by atoms with van der Waals surface area (Å²) in [7, 11) is 0.269. The second-order valence-electron chi connectivity index (χ2n) is 13.2. The first-order valence-corrected chi connectivity index (χ1v) is 18.3. The predicted molar refractivity (Wildman–Crippen MR) is 192 cm³/mol. The molecule has 1 fully saturated rings. The fourth-order valence-electron chi connectivity index (χ4n) is 6.15. The van der Waals surface area contributed by atoms with E-state index in [1.807, 2.05) is 26.8 Å². The highest BCUT2D eigenvalue weighted by atomic mass is 32.2. The minimum absolute atomic E-state index is 0.123. The van der Waals surface area contributed by atoms with Gasteiger partial charge in [-0.25, -0.2) is 13.4 Å². The van der Waals surface area contributed by atoms with Gasteiger partial charge >= 0.3 is 0 Å². The topological polar surface area (TPSA) is 129 Å². The van der Waals surface area contributed by atoms with Crippen molar-refractivity contribution >= 4 is 44.5 Å². The molecule has 0 saturated carbocycles. The summed E-state index contributed by atoms with van der Waals surface area (Å²) in [6, 6.07) is 11.1. The first kappa shape index (κ1) is 35.3. The normalized spacial score (nSPS) is 17.7. The van der Waals surface area contributed by atoms with Crippen LogP contribution in [0.4, 0.5) is 23.1 Å². The van der Waals surface area contributed by atoms with E-state index < -0.39 is 15.1 Å². The van der Waals surface area contributed by atoms with Gasteiger partial charge in [-0.1, -0.05) is 18.2 Å².